The van der Waals surface area contributed by atoms with Gasteiger partial charge in [-0.15, -0.1) is 0 Å². The molecule has 0 N–H and O–H groups in total. The van der Waals surface area contributed by atoms with Gasteiger partial charge in [-0.3, -0.25) is 9.13 Å². The molecule has 0 amide bonds. The van der Waals surface area contributed by atoms with E-state index in [-0.39, 0.29) is 10.8 Å². The monoisotopic (exact) mass is 598 g/mol. The van der Waals surface area contributed by atoms with Gasteiger partial charge in [-0.05, 0) is 71.1 Å². The summed E-state index contributed by atoms with van der Waals surface area (Å²) >= 11 is 0. The number of hydrogen-bond acceptors (Lipinski definition) is 3. The van der Waals surface area contributed by atoms with E-state index in [9.17, 15) is 0 Å². The molecule has 0 aliphatic carbocycles. The predicted octanol–water partition coefficient (Wildman–Crippen LogP) is 10.4. The third kappa shape index (κ3) is 3.75. The van der Waals surface area contributed by atoms with Crippen LogP contribution < -0.4 is 4.74 Å². The van der Waals surface area contributed by atoms with E-state index in [1.54, 1.807) is 0 Å². The Morgan fingerprint density at radius 1 is 0.587 bits per heavy atom. The van der Waals surface area contributed by atoms with Crippen molar-refractivity contribution in [2.75, 3.05) is 0 Å². The molecule has 8 aromatic rings. The Balaban J connectivity index is 1.25. The van der Waals surface area contributed by atoms with E-state index >= 15 is 0 Å². The van der Waals surface area contributed by atoms with Gasteiger partial charge in [0.2, 0.25) is 0 Å². The molecular formula is C41H34N4O. The second-order valence-electron chi connectivity index (χ2n) is 14.0. The molecule has 9 rings (SSSR count). The van der Waals surface area contributed by atoms with E-state index in [2.05, 4.69) is 134 Å². The summed E-state index contributed by atoms with van der Waals surface area (Å²) in [6.07, 6.45) is 3.74. The lowest BCUT2D eigenvalue weighted by atomic mass is 9.73. The van der Waals surface area contributed by atoms with Gasteiger partial charge in [0.1, 0.15) is 23.1 Å². The number of nitrogens with zero attached hydrogens (tertiary/aromatic N) is 4. The number of rotatable bonds is 3. The summed E-state index contributed by atoms with van der Waals surface area (Å²) in [5, 5.41) is 4.82. The Bertz CT molecular complexity index is 2510. The zero-order valence-electron chi connectivity index (χ0n) is 26.7. The zero-order valence-corrected chi connectivity index (χ0v) is 26.7. The number of para-hydroxylation sites is 1. The summed E-state index contributed by atoms with van der Waals surface area (Å²) < 4.78 is 11.2. The minimum Gasteiger partial charge on any atom is -0.457 e. The van der Waals surface area contributed by atoms with Gasteiger partial charge in [0, 0.05) is 57.0 Å². The quantitative estimate of drug-likeness (QED) is 0.203. The minimum atomic E-state index is -0.186. The molecule has 4 aromatic carbocycles. The molecule has 224 valence electrons. The van der Waals surface area contributed by atoms with Crippen LogP contribution in [0.1, 0.15) is 51.3 Å². The van der Waals surface area contributed by atoms with E-state index in [4.69, 9.17) is 9.72 Å². The fourth-order valence-corrected chi connectivity index (χ4v) is 7.41. The van der Waals surface area contributed by atoms with E-state index in [1.165, 1.54) is 43.8 Å². The second-order valence-corrected chi connectivity index (χ2v) is 14.0. The summed E-state index contributed by atoms with van der Waals surface area (Å²) in [7, 11) is 0. The first-order valence-corrected chi connectivity index (χ1v) is 15.9. The van der Waals surface area contributed by atoms with Gasteiger partial charge in [0.05, 0.1) is 22.1 Å². The molecule has 0 fully saturated rings. The Morgan fingerprint density at radius 3 is 2.00 bits per heavy atom. The molecule has 0 saturated heterocycles. The van der Waals surface area contributed by atoms with Crippen molar-refractivity contribution >= 4 is 43.6 Å². The predicted molar refractivity (Wildman–Crippen MR) is 188 cm³/mol. The number of fused-ring (bicyclic) bond motifs is 8. The van der Waals surface area contributed by atoms with Crippen LogP contribution in [0.15, 0.2) is 116 Å². The van der Waals surface area contributed by atoms with Crippen LogP contribution in [0.4, 0.5) is 0 Å². The Kier molecular flexibility index (Phi) is 5.45. The summed E-state index contributed by atoms with van der Waals surface area (Å²) in [5.41, 5.74) is 8.24. The first kappa shape index (κ1) is 26.9. The average Bonchev–Trinajstić information content (AvgIpc) is 3.56. The molecule has 0 radical (unpaired) electrons. The van der Waals surface area contributed by atoms with Crippen molar-refractivity contribution in [3.8, 4) is 23.1 Å². The second kappa shape index (κ2) is 9.30. The van der Waals surface area contributed by atoms with E-state index < -0.39 is 0 Å². The van der Waals surface area contributed by atoms with Gasteiger partial charge in [0.15, 0.2) is 0 Å². The first-order chi connectivity index (χ1) is 22.2. The van der Waals surface area contributed by atoms with Gasteiger partial charge in [-0.1, -0.05) is 71.0 Å². The van der Waals surface area contributed by atoms with Crippen molar-refractivity contribution in [1.29, 1.82) is 0 Å². The van der Waals surface area contributed by atoms with Crippen LogP contribution in [0.3, 0.4) is 0 Å². The van der Waals surface area contributed by atoms with Gasteiger partial charge in [-0.25, -0.2) is 9.97 Å². The highest BCUT2D eigenvalue weighted by molar-refractivity contribution is 6.12. The third-order valence-electron chi connectivity index (χ3n) is 9.80. The van der Waals surface area contributed by atoms with Crippen LogP contribution in [-0.4, -0.2) is 19.1 Å². The SMILES string of the molecule is CC(C)(C)c1cc2c3c(c1)c1ccc(Oc4ccc5c6ccccc6n(-c6ccccn6)c5c4)cc1n3-c1ncccc1C2(C)C. The van der Waals surface area contributed by atoms with E-state index in [0.717, 1.165) is 39.7 Å². The van der Waals surface area contributed by atoms with Crippen molar-refractivity contribution in [1.82, 2.24) is 19.1 Å². The first-order valence-electron chi connectivity index (χ1n) is 15.9. The number of aromatic nitrogens is 4. The summed E-state index contributed by atoms with van der Waals surface area (Å²) in [5.74, 6) is 3.43. The molecule has 1 aliphatic heterocycles. The van der Waals surface area contributed by atoms with Gasteiger partial charge in [-0.2, -0.15) is 0 Å². The van der Waals surface area contributed by atoms with Crippen LogP contribution in [0, 0.1) is 0 Å². The zero-order chi connectivity index (χ0) is 31.4. The number of pyridine rings is 2. The lowest BCUT2D eigenvalue weighted by Crippen LogP contribution is -2.28. The Morgan fingerprint density at radius 2 is 1.26 bits per heavy atom. The number of benzene rings is 4. The largest absolute Gasteiger partial charge is 0.457 e. The molecule has 46 heavy (non-hydrogen) atoms. The topological polar surface area (TPSA) is 44.9 Å². The fraction of sp³-hybridized carbons (Fsp3) is 0.171. The maximum Gasteiger partial charge on any atom is 0.141 e. The molecule has 0 bridgehead atoms. The van der Waals surface area contributed by atoms with E-state index in [1.807, 2.05) is 30.6 Å². The summed E-state index contributed by atoms with van der Waals surface area (Å²) in [6.45, 7) is 11.5. The maximum atomic E-state index is 6.66. The molecule has 1 aliphatic rings. The highest BCUT2D eigenvalue weighted by Crippen LogP contribution is 2.49. The highest BCUT2D eigenvalue weighted by atomic mass is 16.5. The minimum absolute atomic E-state index is 0.0177. The van der Waals surface area contributed by atoms with Crippen molar-refractivity contribution in [2.45, 2.75) is 45.4 Å². The molecule has 0 atom stereocenters. The maximum absolute atomic E-state index is 6.66. The highest BCUT2D eigenvalue weighted by Gasteiger charge is 2.37. The van der Waals surface area contributed by atoms with Gasteiger partial charge >= 0.3 is 0 Å². The average molecular weight is 599 g/mol. The van der Waals surface area contributed by atoms with Crippen molar-refractivity contribution in [3.05, 3.63) is 132 Å². The standard InChI is InChI=1S/C41H34N4O/c1-40(2,3)25-21-31-30-18-16-27(24-36(30)45-38(31)33(22-25)41(4,5)32-12-10-20-43-39(32)45)46-26-15-17-29-28-11-6-7-13-34(28)44(35(29)23-26)37-14-8-9-19-42-37/h6-24H,1-5H3. The molecular weight excluding hydrogens is 564 g/mol. The number of hydrogen-bond donors (Lipinski definition) is 0. The van der Waals surface area contributed by atoms with Crippen LogP contribution in [0.25, 0.3) is 55.2 Å². The summed E-state index contributed by atoms with van der Waals surface area (Å²) in [6, 6.07) is 36.4. The van der Waals surface area contributed by atoms with Gasteiger partial charge < -0.3 is 4.74 Å². The molecule has 0 spiro atoms. The Labute approximate surface area is 267 Å². The molecule has 5 heteroatoms. The van der Waals surface area contributed by atoms with Crippen molar-refractivity contribution in [3.63, 3.8) is 0 Å². The molecule has 0 unspecified atom stereocenters. The molecule has 4 aromatic heterocycles. The van der Waals surface area contributed by atoms with Crippen molar-refractivity contribution in [2.24, 2.45) is 0 Å². The van der Waals surface area contributed by atoms with Crippen LogP contribution >= 0.6 is 0 Å². The normalized spacial score (nSPS) is 13.9. The smallest absolute Gasteiger partial charge is 0.141 e. The summed E-state index contributed by atoms with van der Waals surface area (Å²) in [4.78, 5) is 9.64. The molecule has 0 saturated carbocycles. The lowest BCUT2D eigenvalue weighted by molar-refractivity contribution is 0.484. The third-order valence-corrected chi connectivity index (χ3v) is 9.80. The van der Waals surface area contributed by atoms with E-state index in [0.29, 0.717) is 0 Å². The molecule has 5 nitrogen and oxygen atoms in total. The number of ether oxygens (including phenoxy) is 1. The van der Waals surface area contributed by atoms with Crippen LogP contribution in [-0.2, 0) is 10.8 Å². The van der Waals surface area contributed by atoms with Gasteiger partial charge in [0.25, 0.3) is 0 Å². The molecule has 5 heterocycles. The van der Waals surface area contributed by atoms with Crippen LogP contribution in [0.5, 0.6) is 11.5 Å². The Hall–Kier alpha value is -5.42. The van der Waals surface area contributed by atoms with Crippen molar-refractivity contribution < 1.29 is 4.74 Å². The fourth-order valence-electron chi connectivity index (χ4n) is 7.41. The van der Waals surface area contributed by atoms with Crippen LogP contribution in [0.2, 0.25) is 0 Å². The lowest BCUT2D eigenvalue weighted by Gasteiger charge is -2.35.